The first-order valence-corrected chi connectivity index (χ1v) is 9.35. The zero-order chi connectivity index (χ0) is 19.1. The molecule has 0 atom stereocenters. The molecule has 1 saturated heterocycles. The molecule has 152 valence electrons. The quantitative estimate of drug-likeness (QED) is 0.691. The lowest BCUT2D eigenvalue weighted by atomic mass is 10.2. The Morgan fingerprint density at radius 2 is 1.75 bits per heavy atom. The average molecular weight is 406 g/mol. The number of ether oxygens (including phenoxy) is 1. The highest BCUT2D eigenvalue weighted by Gasteiger charge is 2.19. The van der Waals surface area contributed by atoms with E-state index in [-0.39, 0.29) is 24.1 Å². The van der Waals surface area contributed by atoms with E-state index >= 15 is 0 Å². The zero-order valence-electron chi connectivity index (χ0n) is 16.1. The van der Waals surface area contributed by atoms with Gasteiger partial charge in [0.15, 0.2) is 0 Å². The average Bonchev–Trinajstić information content (AvgIpc) is 2.70. The highest BCUT2D eigenvalue weighted by atomic mass is 35.5. The summed E-state index contributed by atoms with van der Waals surface area (Å²) in [5.41, 5.74) is 1.61. The van der Waals surface area contributed by atoms with Crippen LogP contribution in [-0.4, -0.2) is 55.7 Å². The number of para-hydroxylation sites is 4. The fraction of sp³-hybridized carbons (Fsp3) is 0.381. The number of anilines is 2. The number of methoxy groups -OCH3 is 1. The molecule has 2 N–H and O–H groups in total. The summed E-state index contributed by atoms with van der Waals surface area (Å²) in [6, 6.07) is 14.9. The number of amides is 1. The molecule has 2 aromatic rings. The van der Waals surface area contributed by atoms with E-state index in [0.29, 0.717) is 12.1 Å². The second-order valence-electron chi connectivity index (χ2n) is 6.67. The van der Waals surface area contributed by atoms with Gasteiger partial charge in [-0.2, -0.15) is 0 Å². The second kappa shape index (κ2) is 10.8. The predicted octanol–water partition coefficient (Wildman–Crippen LogP) is 3.36. The number of hydrogen-bond donors (Lipinski definition) is 2. The smallest absolute Gasteiger partial charge is 0.224 e. The standard InChI is InChI=1S/C21H27N3O3.ClH/c1-27-20-10-5-3-8-18(20)24-15-13-23(14-16-24)12-6-11-21(26)22-17-7-2-4-9-19(17)25;/h2-5,7-10,25H,6,11-16H2,1H3,(H,22,26);1H. The van der Waals surface area contributed by atoms with Crippen LogP contribution in [-0.2, 0) is 4.79 Å². The molecule has 0 unspecified atom stereocenters. The fourth-order valence-electron chi connectivity index (χ4n) is 3.36. The number of nitrogens with one attached hydrogen (secondary N) is 1. The fourth-order valence-corrected chi connectivity index (χ4v) is 3.36. The highest BCUT2D eigenvalue weighted by molar-refractivity contribution is 5.92. The van der Waals surface area contributed by atoms with Crippen LogP contribution < -0.4 is 15.0 Å². The number of phenolic OH excluding ortho intramolecular Hbond substituents is 1. The molecule has 2 aromatic carbocycles. The number of halogens is 1. The normalized spacial score (nSPS) is 14.2. The number of nitrogens with zero attached hydrogens (tertiary/aromatic N) is 2. The molecule has 0 saturated carbocycles. The Hall–Kier alpha value is -2.44. The molecular weight excluding hydrogens is 378 g/mol. The van der Waals surface area contributed by atoms with Crippen LogP contribution in [0.25, 0.3) is 0 Å². The summed E-state index contributed by atoms with van der Waals surface area (Å²) in [5.74, 6) is 0.939. The maximum Gasteiger partial charge on any atom is 0.224 e. The van der Waals surface area contributed by atoms with Gasteiger partial charge in [-0.3, -0.25) is 9.69 Å². The van der Waals surface area contributed by atoms with Gasteiger partial charge in [0.25, 0.3) is 0 Å². The van der Waals surface area contributed by atoms with Crippen LogP contribution in [0.1, 0.15) is 12.8 Å². The van der Waals surface area contributed by atoms with Crippen LogP contribution in [0.4, 0.5) is 11.4 Å². The number of carbonyl (C=O) groups is 1. The van der Waals surface area contributed by atoms with Crippen molar-refractivity contribution in [2.24, 2.45) is 0 Å². The number of hydrogen-bond acceptors (Lipinski definition) is 5. The Morgan fingerprint density at radius 3 is 2.46 bits per heavy atom. The maximum absolute atomic E-state index is 12.1. The Labute approximate surface area is 172 Å². The summed E-state index contributed by atoms with van der Waals surface area (Å²) < 4.78 is 5.46. The van der Waals surface area contributed by atoms with Gasteiger partial charge in [0.1, 0.15) is 11.5 Å². The van der Waals surface area contributed by atoms with E-state index in [4.69, 9.17) is 4.74 Å². The molecule has 0 spiro atoms. The van der Waals surface area contributed by atoms with Crippen LogP contribution in [0.15, 0.2) is 48.5 Å². The molecule has 0 aromatic heterocycles. The Balaban J connectivity index is 0.00000280. The predicted molar refractivity (Wildman–Crippen MR) is 115 cm³/mol. The van der Waals surface area contributed by atoms with E-state index in [1.54, 1.807) is 31.4 Å². The molecule has 7 heteroatoms. The lowest BCUT2D eigenvalue weighted by Gasteiger charge is -2.36. The van der Waals surface area contributed by atoms with E-state index in [2.05, 4.69) is 21.2 Å². The summed E-state index contributed by atoms with van der Waals surface area (Å²) in [4.78, 5) is 16.8. The summed E-state index contributed by atoms with van der Waals surface area (Å²) in [6.07, 6.45) is 1.25. The van der Waals surface area contributed by atoms with Crippen LogP contribution in [0.5, 0.6) is 11.5 Å². The van der Waals surface area contributed by atoms with Crippen molar-refractivity contribution in [3.8, 4) is 11.5 Å². The lowest BCUT2D eigenvalue weighted by molar-refractivity contribution is -0.116. The molecule has 0 radical (unpaired) electrons. The molecule has 3 rings (SSSR count). The van der Waals surface area contributed by atoms with Crippen LogP contribution >= 0.6 is 12.4 Å². The maximum atomic E-state index is 12.1. The van der Waals surface area contributed by atoms with Gasteiger partial charge in [-0.05, 0) is 37.2 Å². The first-order chi connectivity index (χ1) is 13.2. The van der Waals surface area contributed by atoms with Crippen molar-refractivity contribution in [2.45, 2.75) is 12.8 Å². The minimum atomic E-state index is -0.0656. The number of aromatic hydroxyl groups is 1. The molecule has 1 amide bonds. The van der Waals surface area contributed by atoms with Gasteiger partial charge in [-0.25, -0.2) is 0 Å². The number of phenols is 1. The van der Waals surface area contributed by atoms with Gasteiger partial charge in [0.2, 0.25) is 5.91 Å². The van der Waals surface area contributed by atoms with Gasteiger partial charge in [0, 0.05) is 32.6 Å². The largest absolute Gasteiger partial charge is 0.506 e. The SMILES string of the molecule is COc1ccccc1N1CCN(CCCC(=O)Nc2ccccc2O)CC1.Cl. The molecule has 1 aliphatic heterocycles. The summed E-state index contributed by atoms with van der Waals surface area (Å²) in [7, 11) is 1.70. The molecule has 28 heavy (non-hydrogen) atoms. The molecular formula is C21H28ClN3O3. The van der Waals surface area contributed by atoms with E-state index in [1.807, 2.05) is 18.2 Å². The number of carbonyl (C=O) groups excluding carboxylic acids is 1. The molecule has 1 aliphatic rings. The van der Waals surface area contributed by atoms with Gasteiger partial charge < -0.3 is 20.1 Å². The first kappa shape index (κ1) is 21.9. The second-order valence-corrected chi connectivity index (χ2v) is 6.67. The van der Waals surface area contributed by atoms with Crippen LogP contribution in [0.2, 0.25) is 0 Å². The molecule has 1 heterocycles. The van der Waals surface area contributed by atoms with E-state index < -0.39 is 0 Å². The van der Waals surface area contributed by atoms with E-state index in [0.717, 1.165) is 50.6 Å². The summed E-state index contributed by atoms with van der Waals surface area (Å²) in [6.45, 7) is 4.74. The molecule has 0 bridgehead atoms. The van der Waals surface area contributed by atoms with Crippen molar-refractivity contribution in [2.75, 3.05) is 50.1 Å². The van der Waals surface area contributed by atoms with Gasteiger partial charge in [-0.1, -0.05) is 24.3 Å². The van der Waals surface area contributed by atoms with Crippen LogP contribution in [0, 0.1) is 0 Å². The molecule has 1 fully saturated rings. The summed E-state index contributed by atoms with van der Waals surface area (Å²) >= 11 is 0. The molecule has 6 nitrogen and oxygen atoms in total. The third-order valence-corrected chi connectivity index (χ3v) is 4.85. The van der Waals surface area contributed by atoms with Crippen molar-refractivity contribution in [1.82, 2.24) is 4.90 Å². The van der Waals surface area contributed by atoms with Gasteiger partial charge >= 0.3 is 0 Å². The van der Waals surface area contributed by atoms with Crippen LogP contribution in [0.3, 0.4) is 0 Å². The number of rotatable bonds is 7. The first-order valence-electron chi connectivity index (χ1n) is 9.35. The van der Waals surface area contributed by atoms with E-state index in [9.17, 15) is 9.90 Å². The molecule has 0 aliphatic carbocycles. The lowest BCUT2D eigenvalue weighted by Crippen LogP contribution is -2.46. The van der Waals surface area contributed by atoms with Gasteiger partial charge in [0.05, 0.1) is 18.5 Å². The summed E-state index contributed by atoms with van der Waals surface area (Å²) in [5, 5.41) is 12.5. The monoisotopic (exact) mass is 405 g/mol. The Kier molecular flexibility index (Phi) is 8.42. The zero-order valence-corrected chi connectivity index (χ0v) is 17.0. The van der Waals surface area contributed by atoms with Crippen molar-refractivity contribution in [3.05, 3.63) is 48.5 Å². The van der Waals surface area contributed by atoms with E-state index in [1.165, 1.54) is 0 Å². The number of benzene rings is 2. The van der Waals surface area contributed by atoms with Crippen molar-refractivity contribution in [3.63, 3.8) is 0 Å². The van der Waals surface area contributed by atoms with Crippen molar-refractivity contribution < 1.29 is 14.6 Å². The third kappa shape index (κ3) is 5.78. The minimum absolute atomic E-state index is 0. The topological polar surface area (TPSA) is 65.0 Å². The highest BCUT2D eigenvalue weighted by Crippen LogP contribution is 2.28. The minimum Gasteiger partial charge on any atom is -0.506 e. The Morgan fingerprint density at radius 1 is 1.07 bits per heavy atom. The van der Waals surface area contributed by atoms with Gasteiger partial charge in [-0.15, -0.1) is 12.4 Å². The Bertz CT molecular complexity index is 764. The van der Waals surface area contributed by atoms with Crippen molar-refractivity contribution >= 4 is 29.7 Å². The van der Waals surface area contributed by atoms with Crippen molar-refractivity contribution in [1.29, 1.82) is 0 Å². The number of piperazine rings is 1. The third-order valence-electron chi connectivity index (χ3n) is 4.85.